The first kappa shape index (κ1) is 18.4. The van der Waals surface area contributed by atoms with Gasteiger partial charge in [-0.15, -0.1) is 0 Å². The Labute approximate surface area is 152 Å². The quantitative estimate of drug-likeness (QED) is 0.842. The third kappa shape index (κ3) is 4.22. The van der Waals surface area contributed by atoms with E-state index < -0.39 is 15.8 Å². The van der Waals surface area contributed by atoms with Gasteiger partial charge in [0.2, 0.25) is 5.91 Å². The van der Waals surface area contributed by atoms with Gasteiger partial charge in [-0.2, -0.15) is 0 Å². The number of benzene rings is 2. The molecule has 0 saturated carbocycles. The Morgan fingerprint density at radius 1 is 1.19 bits per heavy atom. The van der Waals surface area contributed by atoms with Crippen LogP contribution in [0.4, 0.5) is 10.1 Å². The van der Waals surface area contributed by atoms with Crippen LogP contribution in [0.2, 0.25) is 0 Å². The summed E-state index contributed by atoms with van der Waals surface area (Å²) in [6, 6.07) is 10.2. The number of hydrogen-bond donors (Lipinski definition) is 2. The van der Waals surface area contributed by atoms with Gasteiger partial charge in [0.1, 0.15) is 5.82 Å². The van der Waals surface area contributed by atoms with Crippen molar-refractivity contribution in [3.05, 3.63) is 59.4 Å². The second-order valence-corrected chi connectivity index (χ2v) is 8.18. The van der Waals surface area contributed by atoms with Crippen LogP contribution in [-0.2, 0) is 21.2 Å². The van der Waals surface area contributed by atoms with Crippen molar-refractivity contribution in [3.8, 4) is 0 Å². The van der Waals surface area contributed by atoms with E-state index in [0.717, 1.165) is 37.0 Å². The van der Waals surface area contributed by atoms with E-state index >= 15 is 0 Å². The molecule has 0 saturated heterocycles. The molecule has 0 spiro atoms. The molecule has 138 valence electrons. The number of fused-ring (bicyclic) bond motifs is 1. The molecule has 0 bridgehead atoms. The van der Waals surface area contributed by atoms with E-state index in [1.54, 1.807) is 6.07 Å². The van der Waals surface area contributed by atoms with Crippen LogP contribution in [0.25, 0.3) is 0 Å². The highest BCUT2D eigenvalue weighted by Crippen LogP contribution is 2.33. The van der Waals surface area contributed by atoms with Gasteiger partial charge >= 0.3 is 0 Å². The predicted octanol–water partition coefficient (Wildman–Crippen LogP) is 3.18. The van der Waals surface area contributed by atoms with Crippen LogP contribution in [0.1, 0.15) is 36.8 Å². The van der Waals surface area contributed by atoms with E-state index in [4.69, 9.17) is 0 Å². The zero-order chi connectivity index (χ0) is 18.7. The van der Waals surface area contributed by atoms with Crippen LogP contribution in [0.3, 0.4) is 0 Å². The maximum Gasteiger partial charge on any atom is 0.261 e. The molecule has 3 rings (SSSR count). The van der Waals surface area contributed by atoms with Crippen molar-refractivity contribution in [3.63, 3.8) is 0 Å². The number of hydrogen-bond acceptors (Lipinski definition) is 3. The monoisotopic (exact) mass is 376 g/mol. The van der Waals surface area contributed by atoms with Gasteiger partial charge in [-0.3, -0.25) is 9.52 Å². The summed E-state index contributed by atoms with van der Waals surface area (Å²) in [6.45, 7) is 2.02. The standard InChI is InChI=1S/C19H21FN2O3S/c1-13(23)21-12-15-4-2-3-14-5-8-17(11-19(14)15)22-26(24,25)18-9-6-16(20)7-10-18/h5-11,15,22H,2-4,12H2,1H3,(H,21,23). The molecule has 1 atom stereocenters. The fraction of sp³-hybridized carbons (Fsp3) is 0.316. The van der Waals surface area contributed by atoms with Crippen LogP contribution in [0.15, 0.2) is 47.4 Å². The highest BCUT2D eigenvalue weighted by atomic mass is 32.2. The Bertz CT molecular complexity index is 911. The van der Waals surface area contributed by atoms with Gasteiger partial charge in [-0.05, 0) is 66.8 Å². The molecule has 0 radical (unpaired) electrons. The first-order valence-corrected chi connectivity index (χ1v) is 9.99. The van der Waals surface area contributed by atoms with Gasteiger partial charge in [-0.1, -0.05) is 6.07 Å². The summed E-state index contributed by atoms with van der Waals surface area (Å²) in [6.07, 6.45) is 2.93. The van der Waals surface area contributed by atoms with Gasteiger partial charge < -0.3 is 5.32 Å². The normalized spacial score (nSPS) is 16.6. The lowest BCUT2D eigenvalue weighted by molar-refractivity contribution is -0.119. The molecule has 1 aliphatic rings. The van der Waals surface area contributed by atoms with Crippen molar-refractivity contribution in [1.29, 1.82) is 0 Å². The van der Waals surface area contributed by atoms with Crippen LogP contribution in [0.5, 0.6) is 0 Å². The van der Waals surface area contributed by atoms with E-state index in [2.05, 4.69) is 10.0 Å². The minimum Gasteiger partial charge on any atom is -0.356 e. The number of nitrogens with one attached hydrogen (secondary N) is 2. The van der Waals surface area contributed by atoms with Crippen molar-refractivity contribution in [1.82, 2.24) is 5.32 Å². The van der Waals surface area contributed by atoms with E-state index in [0.29, 0.717) is 12.2 Å². The summed E-state index contributed by atoms with van der Waals surface area (Å²) in [5, 5.41) is 2.84. The lowest BCUT2D eigenvalue weighted by atomic mass is 9.82. The summed E-state index contributed by atoms with van der Waals surface area (Å²) in [5.41, 5.74) is 2.70. The van der Waals surface area contributed by atoms with E-state index in [9.17, 15) is 17.6 Å². The molecule has 0 aromatic heterocycles. The maximum atomic E-state index is 13.0. The zero-order valence-electron chi connectivity index (χ0n) is 14.5. The second-order valence-electron chi connectivity index (χ2n) is 6.50. The summed E-state index contributed by atoms with van der Waals surface area (Å²) in [7, 11) is -3.79. The Hall–Kier alpha value is -2.41. The highest BCUT2D eigenvalue weighted by molar-refractivity contribution is 7.92. The largest absolute Gasteiger partial charge is 0.356 e. The molecule has 2 N–H and O–H groups in total. The number of rotatable bonds is 5. The summed E-state index contributed by atoms with van der Waals surface area (Å²) in [5.74, 6) is -0.401. The van der Waals surface area contributed by atoms with Crippen LogP contribution in [-0.4, -0.2) is 20.9 Å². The molecule has 2 aromatic carbocycles. The third-order valence-corrected chi connectivity index (χ3v) is 5.96. The zero-order valence-corrected chi connectivity index (χ0v) is 15.3. The Morgan fingerprint density at radius 2 is 1.92 bits per heavy atom. The van der Waals surface area contributed by atoms with E-state index in [-0.39, 0.29) is 16.7 Å². The molecule has 1 amide bonds. The fourth-order valence-corrected chi connectivity index (χ4v) is 4.32. The SMILES string of the molecule is CC(=O)NCC1CCCc2ccc(NS(=O)(=O)c3ccc(F)cc3)cc21. The number of carbonyl (C=O) groups excluding carboxylic acids is 1. The number of anilines is 1. The minimum atomic E-state index is -3.79. The molecule has 26 heavy (non-hydrogen) atoms. The molecule has 7 heteroatoms. The maximum absolute atomic E-state index is 13.0. The molecular formula is C19H21FN2O3S. The molecule has 1 unspecified atom stereocenters. The molecular weight excluding hydrogens is 355 g/mol. The van der Waals surface area contributed by atoms with E-state index in [1.807, 2.05) is 12.1 Å². The predicted molar refractivity (Wildman–Crippen MR) is 98.0 cm³/mol. The lowest BCUT2D eigenvalue weighted by Gasteiger charge is -2.26. The molecule has 0 heterocycles. The Kier molecular flexibility index (Phi) is 5.27. The fourth-order valence-electron chi connectivity index (χ4n) is 3.27. The van der Waals surface area contributed by atoms with Crippen molar-refractivity contribution in [2.24, 2.45) is 0 Å². The molecule has 1 aliphatic carbocycles. The third-order valence-electron chi connectivity index (χ3n) is 4.56. The van der Waals surface area contributed by atoms with Crippen molar-refractivity contribution < 1.29 is 17.6 Å². The average molecular weight is 376 g/mol. The number of halogens is 1. The minimum absolute atomic E-state index is 0.00594. The highest BCUT2D eigenvalue weighted by Gasteiger charge is 2.22. The molecule has 0 aliphatic heterocycles. The topological polar surface area (TPSA) is 75.3 Å². The summed E-state index contributed by atoms with van der Waals surface area (Å²) < 4.78 is 40.5. The Morgan fingerprint density at radius 3 is 2.62 bits per heavy atom. The van der Waals surface area contributed by atoms with Crippen molar-refractivity contribution in [2.45, 2.75) is 37.0 Å². The molecule has 2 aromatic rings. The average Bonchev–Trinajstić information content (AvgIpc) is 2.60. The van der Waals surface area contributed by atoms with Gasteiger partial charge in [0.15, 0.2) is 0 Å². The van der Waals surface area contributed by atoms with Gasteiger partial charge in [-0.25, -0.2) is 12.8 Å². The number of sulfonamides is 1. The number of carbonyl (C=O) groups is 1. The Balaban J connectivity index is 1.84. The number of aryl methyl sites for hydroxylation is 1. The summed E-state index contributed by atoms with van der Waals surface area (Å²) >= 11 is 0. The first-order valence-electron chi connectivity index (χ1n) is 8.51. The second kappa shape index (κ2) is 7.45. The van der Waals surface area contributed by atoms with Gasteiger partial charge in [0.05, 0.1) is 4.90 Å². The van der Waals surface area contributed by atoms with Crippen molar-refractivity contribution in [2.75, 3.05) is 11.3 Å². The van der Waals surface area contributed by atoms with Crippen LogP contribution < -0.4 is 10.0 Å². The first-order chi connectivity index (χ1) is 12.3. The smallest absolute Gasteiger partial charge is 0.261 e. The number of amides is 1. The van der Waals surface area contributed by atoms with Crippen molar-refractivity contribution >= 4 is 21.6 Å². The summed E-state index contributed by atoms with van der Waals surface area (Å²) in [4.78, 5) is 11.2. The van der Waals surface area contributed by atoms with E-state index in [1.165, 1.54) is 24.6 Å². The molecule has 5 nitrogen and oxygen atoms in total. The lowest BCUT2D eigenvalue weighted by Crippen LogP contribution is -2.28. The van der Waals surface area contributed by atoms with Crippen LogP contribution >= 0.6 is 0 Å². The van der Waals surface area contributed by atoms with Gasteiger partial charge in [0, 0.05) is 25.1 Å². The van der Waals surface area contributed by atoms with Gasteiger partial charge in [0.25, 0.3) is 10.0 Å². The van der Waals surface area contributed by atoms with Crippen LogP contribution in [0, 0.1) is 5.82 Å². The molecule has 0 fully saturated rings.